The number of hydrogen-bond acceptors (Lipinski definition) is 5. The van der Waals surface area contributed by atoms with E-state index in [1.54, 1.807) is 18.1 Å². The quantitative estimate of drug-likeness (QED) is 0.748. The van der Waals surface area contributed by atoms with Crippen LogP contribution in [-0.4, -0.2) is 15.0 Å². The fourth-order valence-electron chi connectivity index (χ4n) is 1.96. The lowest BCUT2D eigenvalue weighted by Crippen LogP contribution is -2.01. The Labute approximate surface area is 121 Å². The predicted molar refractivity (Wildman–Crippen MR) is 80.5 cm³/mol. The first-order valence-corrected chi connectivity index (χ1v) is 7.14. The zero-order valence-corrected chi connectivity index (χ0v) is 11.9. The average molecular weight is 282 g/mol. The van der Waals surface area contributed by atoms with Gasteiger partial charge in [0.2, 0.25) is 0 Å². The van der Waals surface area contributed by atoms with Gasteiger partial charge in [-0.1, -0.05) is 24.3 Å². The lowest BCUT2D eigenvalue weighted by molar-refractivity contribution is 0.938. The fourth-order valence-corrected chi connectivity index (χ4v) is 3.00. The Hall–Kier alpha value is -1.98. The van der Waals surface area contributed by atoms with Crippen LogP contribution in [-0.2, 0) is 6.54 Å². The highest BCUT2D eigenvalue weighted by molar-refractivity contribution is 7.99. The summed E-state index contributed by atoms with van der Waals surface area (Å²) in [6, 6.07) is 12.0. The SMILES string of the molecule is Cc1ccc(CN)c(Sc2ncnc3ccccc23)n1. The first-order chi connectivity index (χ1) is 9.78. The van der Waals surface area contributed by atoms with Crippen molar-refractivity contribution in [1.29, 1.82) is 0 Å². The fraction of sp³-hybridized carbons (Fsp3) is 0.133. The van der Waals surface area contributed by atoms with Gasteiger partial charge in [-0.05, 0) is 36.4 Å². The summed E-state index contributed by atoms with van der Waals surface area (Å²) in [5, 5.41) is 2.85. The van der Waals surface area contributed by atoms with Crippen LogP contribution in [0.4, 0.5) is 0 Å². The molecule has 100 valence electrons. The van der Waals surface area contributed by atoms with E-state index in [9.17, 15) is 0 Å². The molecule has 0 aliphatic carbocycles. The Balaban J connectivity index is 2.07. The van der Waals surface area contributed by atoms with Crippen molar-refractivity contribution in [3.8, 4) is 0 Å². The highest BCUT2D eigenvalue weighted by Gasteiger charge is 2.09. The third-order valence-electron chi connectivity index (χ3n) is 3.00. The Morgan fingerprint density at radius 1 is 1.05 bits per heavy atom. The first kappa shape index (κ1) is 13.0. The molecule has 2 aromatic heterocycles. The highest BCUT2D eigenvalue weighted by atomic mass is 32.2. The molecule has 0 fully saturated rings. The van der Waals surface area contributed by atoms with Crippen LogP contribution in [0.25, 0.3) is 10.9 Å². The van der Waals surface area contributed by atoms with E-state index in [0.29, 0.717) is 6.54 Å². The maximum atomic E-state index is 5.78. The zero-order valence-electron chi connectivity index (χ0n) is 11.1. The smallest absolute Gasteiger partial charge is 0.117 e. The van der Waals surface area contributed by atoms with Crippen molar-refractivity contribution < 1.29 is 0 Å². The molecule has 0 spiro atoms. The van der Waals surface area contributed by atoms with Gasteiger partial charge in [0.25, 0.3) is 0 Å². The van der Waals surface area contributed by atoms with Crippen LogP contribution in [0.3, 0.4) is 0 Å². The minimum absolute atomic E-state index is 0.471. The van der Waals surface area contributed by atoms with E-state index >= 15 is 0 Å². The molecule has 2 heterocycles. The lowest BCUT2D eigenvalue weighted by Gasteiger charge is -2.08. The largest absolute Gasteiger partial charge is 0.326 e. The lowest BCUT2D eigenvalue weighted by atomic mass is 10.2. The Morgan fingerprint density at radius 3 is 2.75 bits per heavy atom. The molecule has 0 aliphatic heterocycles. The van der Waals surface area contributed by atoms with E-state index < -0.39 is 0 Å². The van der Waals surface area contributed by atoms with Gasteiger partial charge in [0.15, 0.2) is 0 Å². The van der Waals surface area contributed by atoms with Crippen molar-refractivity contribution in [1.82, 2.24) is 15.0 Å². The van der Waals surface area contributed by atoms with E-state index in [2.05, 4.69) is 15.0 Å². The van der Waals surface area contributed by atoms with Gasteiger partial charge < -0.3 is 5.73 Å². The maximum Gasteiger partial charge on any atom is 0.117 e. The molecule has 0 saturated heterocycles. The van der Waals surface area contributed by atoms with Gasteiger partial charge in [-0.25, -0.2) is 15.0 Å². The maximum absolute atomic E-state index is 5.78. The molecule has 0 radical (unpaired) electrons. The van der Waals surface area contributed by atoms with Gasteiger partial charge in [0.05, 0.1) is 5.52 Å². The number of para-hydroxylation sites is 1. The van der Waals surface area contributed by atoms with Crippen LogP contribution in [0.1, 0.15) is 11.3 Å². The van der Waals surface area contributed by atoms with Crippen molar-refractivity contribution in [3.63, 3.8) is 0 Å². The van der Waals surface area contributed by atoms with Gasteiger partial charge >= 0.3 is 0 Å². The third-order valence-corrected chi connectivity index (χ3v) is 4.06. The molecule has 20 heavy (non-hydrogen) atoms. The summed E-state index contributed by atoms with van der Waals surface area (Å²) in [5.41, 5.74) is 8.72. The number of fused-ring (bicyclic) bond motifs is 1. The summed E-state index contributed by atoms with van der Waals surface area (Å²) in [7, 11) is 0. The average Bonchev–Trinajstić information content (AvgIpc) is 2.48. The molecule has 4 nitrogen and oxygen atoms in total. The Bertz CT molecular complexity index is 752. The number of nitrogens with two attached hydrogens (primary N) is 1. The second-order valence-electron chi connectivity index (χ2n) is 4.42. The number of nitrogens with zero attached hydrogens (tertiary/aromatic N) is 3. The molecule has 1 aromatic carbocycles. The number of aryl methyl sites for hydroxylation is 1. The van der Waals surface area contributed by atoms with E-state index in [1.807, 2.05) is 43.3 Å². The molecule has 0 atom stereocenters. The van der Waals surface area contributed by atoms with Crippen LogP contribution < -0.4 is 5.73 Å². The van der Waals surface area contributed by atoms with Gasteiger partial charge in [-0.15, -0.1) is 0 Å². The summed E-state index contributed by atoms with van der Waals surface area (Å²) in [6.45, 7) is 2.45. The monoisotopic (exact) mass is 282 g/mol. The first-order valence-electron chi connectivity index (χ1n) is 6.32. The van der Waals surface area contributed by atoms with E-state index in [0.717, 1.165) is 32.2 Å². The molecule has 0 amide bonds. The van der Waals surface area contributed by atoms with E-state index in [1.165, 1.54) is 0 Å². The molecular formula is C15H14N4S. The standard InChI is InChI=1S/C15H14N4S/c1-10-6-7-11(8-16)14(19-10)20-15-12-4-2-3-5-13(12)17-9-18-15/h2-7,9H,8,16H2,1H3. The summed E-state index contributed by atoms with van der Waals surface area (Å²) in [4.78, 5) is 13.2. The van der Waals surface area contributed by atoms with Crippen molar-refractivity contribution in [2.45, 2.75) is 23.5 Å². The normalized spacial score (nSPS) is 10.9. The highest BCUT2D eigenvalue weighted by Crippen LogP contribution is 2.31. The molecule has 0 unspecified atom stereocenters. The van der Waals surface area contributed by atoms with Crippen molar-refractivity contribution >= 4 is 22.7 Å². The molecule has 0 saturated carbocycles. The van der Waals surface area contributed by atoms with Gasteiger partial charge in [-0.3, -0.25) is 0 Å². The number of pyridine rings is 1. The predicted octanol–water partition coefficient (Wildman–Crippen LogP) is 2.94. The third kappa shape index (κ3) is 2.50. The van der Waals surface area contributed by atoms with E-state index in [-0.39, 0.29) is 0 Å². The number of aromatic nitrogens is 3. The van der Waals surface area contributed by atoms with Crippen LogP contribution in [0.2, 0.25) is 0 Å². The van der Waals surface area contributed by atoms with Gasteiger partial charge in [0, 0.05) is 17.6 Å². The van der Waals surface area contributed by atoms with Crippen LogP contribution in [0, 0.1) is 6.92 Å². The van der Waals surface area contributed by atoms with Crippen LogP contribution in [0.15, 0.2) is 52.8 Å². The molecular weight excluding hydrogens is 268 g/mol. The summed E-state index contributed by atoms with van der Waals surface area (Å²) in [5.74, 6) is 0. The number of rotatable bonds is 3. The molecule has 2 N–H and O–H groups in total. The van der Waals surface area contributed by atoms with Crippen LogP contribution in [0.5, 0.6) is 0 Å². The molecule has 0 aliphatic rings. The number of benzene rings is 1. The van der Waals surface area contributed by atoms with Crippen molar-refractivity contribution in [3.05, 3.63) is 54.0 Å². The zero-order chi connectivity index (χ0) is 13.9. The molecule has 5 heteroatoms. The molecule has 3 aromatic rings. The molecule has 0 bridgehead atoms. The van der Waals surface area contributed by atoms with Crippen molar-refractivity contribution in [2.75, 3.05) is 0 Å². The summed E-state index contributed by atoms with van der Waals surface area (Å²) in [6.07, 6.45) is 1.59. The second-order valence-corrected chi connectivity index (χ2v) is 5.40. The summed E-state index contributed by atoms with van der Waals surface area (Å²) < 4.78 is 0. The number of hydrogen-bond donors (Lipinski definition) is 1. The topological polar surface area (TPSA) is 64.7 Å². The van der Waals surface area contributed by atoms with E-state index in [4.69, 9.17) is 5.73 Å². The second kappa shape index (κ2) is 5.56. The Kier molecular flexibility index (Phi) is 3.62. The van der Waals surface area contributed by atoms with Crippen LogP contribution >= 0.6 is 11.8 Å². The minimum Gasteiger partial charge on any atom is -0.326 e. The van der Waals surface area contributed by atoms with Gasteiger partial charge in [0.1, 0.15) is 16.4 Å². The van der Waals surface area contributed by atoms with Crippen molar-refractivity contribution in [2.24, 2.45) is 5.73 Å². The molecule has 3 rings (SSSR count). The Morgan fingerprint density at radius 2 is 1.90 bits per heavy atom. The summed E-state index contributed by atoms with van der Waals surface area (Å²) >= 11 is 1.54. The van der Waals surface area contributed by atoms with Gasteiger partial charge in [-0.2, -0.15) is 0 Å². The minimum atomic E-state index is 0.471.